The summed E-state index contributed by atoms with van der Waals surface area (Å²) >= 11 is 7.11. The molecule has 0 saturated carbocycles. The van der Waals surface area contributed by atoms with E-state index in [4.69, 9.17) is 11.6 Å². The van der Waals surface area contributed by atoms with Crippen molar-refractivity contribution in [3.63, 3.8) is 0 Å². The van der Waals surface area contributed by atoms with E-state index in [0.717, 1.165) is 4.88 Å². The summed E-state index contributed by atoms with van der Waals surface area (Å²) in [6, 6.07) is 3.57. The van der Waals surface area contributed by atoms with Crippen LogP contribution in [0.2, 0.25) is 4.34 Å². The molecule has 5 heteroatoms. The van der Waals surface area contributed by atoms with Crippen LogP contribution in [-0.4, -0.2) is 11.8 Å². The molecule has 1 N–H and O–H groups in total. The number of thiophene rings is 1. The number of imide groups is 1. The molecular weight excluding hydrogens is 222 g/mol. The molecule has 1 aromatic rings. The molecule has 0 bridgehead atoms. The third kappa shape index (κ3) is 1.86. The molecule has 2 amide bonds. The molecule has 0 aromatic carbocycles. The second kappa shape index (κ2) is 3.55. The first-order valence-corrected chi connectivity index (χ1v) is 5.15. The van der Waals surface area contributed by atoms with E-state index in [1.54, 1.807) is 12.1 Å². The van der Waals surface area contributed by atoms with Gasteiger partial charge in [-0.3, -0.25) is 14.9 Å². The Morgan fingerprint density at radius 1 is 1.43 bits per heavy atom. The van der Waals surface area contributed by atoms with Crippen LogP contribution in [0.4, 0.5) is 0 Å². The highest BCUT2D eigenvalue weighted by Crippen LogP contribution is 2.25. The zero-order valence-corrected chi connectivity index (χ0v) is 8.61. The highest BCUT2D eigenvalue weighted by atomic mass is 35.5. The quantitative estimate of drug-likeness (QED) is 0.588. The van der Waals surface area contributed by atoms with Gasteiger partial charge in [-0.15, -0.1) is 11.3 Å². The molecule has 3 nitrogen and oxygen atoms in total. The molecule has 0 unspecified atom stereocenters. The Kier molecular flexibility index (Phi) is 2.39. The maximum atomic E-state index is 11.2. The SMILES string of the molecule is O=C1C/C(=C/c2ccc(Cl)s2)C(=O)N1. The van der Waals surface area contributed by atoms with Crippen LogP contribution in [-0.2, 0) is 9.59 Å². The van der Waals surface area contributed by atoms with Gasteiger partial charge < -0.3 is 0 Å². The van der Waals surface area contributed by atoms with Gasteiger partial charge in [0, 0.05) is 10.5 Å². The topological polar surface area (TPSA) is 46.2 Å². The van der Waals surface area contributed by atoms with Crippen LogP contribution >= 0.6 is 22.9 Å². The highest BCUT2D eigenvalue weighted by Gasteiger charge is 2.23. The van der Waals surface area contributed by atoms with E-state index in [1.807, 2.05) is 6.07 Å². The molecule has 2 heterocycles. The fourth-order valence-electron chi connectivity index (χ4n) is 1.20. The van der Waals surface area contributed by atoms with Gasteiger partial charge in [0.05, 0.1) is 10.8 Å². The molecule has 1 aliphatic rings. The molecule has 0 aliphatic carbocycles. The van der Waals surface area contributed by atoms with E-state index in [1.165, 1.54) is 11.3 Å². The minimum atomic E-state index is -0.306. The van der Waals surface area contributed by atoms with Gasteiger partial charge in [0.2, 0.25) is 5.91 Å². The maximum Gasteiger partial charge on any atom is 0.254 e. The van der Waals surface area contributed by atoms with Gasteiger partial charge in [0.1, 0.15) is 0 Å². The van der Waals surface area contributed by atoms with Crippen molar-refractivity contribution in [3.8, 4) is 0 Å². The lowest BCUT2D eigenvalue weighted by atomic mass is 10.2. The predicted octanol–water partition coefficient (Wildman–Crippen LogP) is 1.83. The third-order valence-electron chi connectivity index (χ3n) is 1.81. The summed E-state index contributed by atoms with van der Waals surface area (Å²) in [7, 11) is 0. The van der Waals surface area contributed by atoms with E-state index < -0.39 is 0 Å². The summed E-state index contributed by atoms with van der Waals surface area (Å²) < 4.78 is 0.668. The molecular formula is C9H6ClNO2S. The van der Waals surface area contributed by atoms with Crippen molar-refractivity contribution in [2.75, 3.05) is 0 Å². The lowest BCUT2D eigenvalue weighted by molar-refractivity contribution is -0.124. The average molecular weight is 228 g/mol. The maximum absolute atomic E-state index is 11.2. The summed E-state index contributed by atoms with van der Waals surface area (Å²) in [6.45, 7) is 0. The first-order chi connectivity index (χ1) is 6.65. The van der Waals surface area contributed by atoms with Crippen LogP contribution in [0.15, 0.2) is 17.7 Å². The molecule has 1 aromatic heterocycles. The molecule has 72 valence electrons. The summed E-state index contributed by atoms with van der Waals surface area (Å²) in [6.07, 6.45) is 1.85. The Balaban J connectivity index is 2.27. The number of amides is 2. The first-order valence-electron chi connectivity index (χ1n) is 3.95. The van der Waals surface area contributed by atoms with Crippen LogP contribution in [0.25, 0.3) is 6.08 Å². The van der Waals surface area contributed by atoms with Crippen molar-refractivity contribution in [2.45, 2.75) is 6.42 Å². The Morgan fingerprint density at radius 3 is 2.71 bits per heavy atom. The van der Waals surface area contributed by atoms with Crippen molar-refractivity contribution in [2.24, 2.45) is 0 Å². The number of carbonyl (C=O) groups is 2. The smallest absolute Gasteiger partial charge is 0.254 e. The summed E-state index contributed by atoms with van der Waals surface area (Å²) in [5, 5.41) is 2.22. The molecule has 0 atom stereocenters. The van der Waals surface area contributed by atoms with Gasteiger partial charge >= 0.3 is 0 Å². The van der Waals surface area contributed by atoms with Gasteiger partial charge in [-0.25, -0.2) is 0 Å². The summed E-state index contributed by atoms with van der Waals surface area (Å²) in [5.41, 5.74) is 0.494. The Morgan fingerprint density at radius 2 is 2.21 bits per heavy atom. The van der Waals surface area contributed by atoms with Gasteiger partial charge in [-0.2, -0.15) is 0 Å². The summed E-state index contributed by atoms with van der Waals surface area (Å²) in [5.74, 6) is -0.552. The van der Waals surface area contributed by atoms with Gasteiger partial charge in [-0.1, -0.05) is 11.6 Å². The monoisotopic (exact) mass is 227 g/mol. The van der Waals surface area contributed by atoms with Crippen molar-refractivity contribution in [1.29, 1.82) is 0 Å². The van der Waals surface area contributed by atoms with Crippen LogP contribution in [0, 0.1) is 0 Å². The minimum absolute atomic E-state index is 0.161. The van der Waals surface area contributed by atoms with Crippen LogP contribution in [0.1, 0.15) is 11.3 Å². The average Bonchev–Trinajstić information content (AvgIpc) is 2.61. The van der Waals surface area contributed by atoms with Crippen molar-refractivity contribution in [1.82, 2.24) is 5.32 Å². The van der Waals surface area contributed by atoms with Crippen molar-refractivity contribution < 1.29 is 9.59 Å². The van der Waals surface area contributed by atoms with E-state index in [-0.39, 0.29) is 18.2 Å². The van der Waals surface area contributed by atoms with Gasteiger partial charge in [0.25, 0.3) is 5.91 Å². The summed E-state index contributed by atoms with van der Waals surface area (Å²) in [4.78, 5) is 22.9. The molecule has 0 radical (unpaired) electrons. The molecule has 1 saturated heterocycles. The zero-order chi connectivity index (χ0) is 10.1. The first kappa shape index (κ1) is 9.43. The molecule has 2 rings (SSSR count). The van der Waals surface area contributed by atoms with Crippen LogP contribution in [0.3, 0.4) is 0 Å². The second-order valence-corrected chi connectivity index (χ2v) is 4.61. The third-order valence-corrected chi connectivity index (χ3v) is 2.98. The van der Waals surface area contributed by atoms with Crippen LogP contribution < -0.4 is 5.32 Å². The Hall–Kier alpha value is -1.13. The molecule has 14 heavy (non-hydrogen) atoms. The van der Waals surface area contributed by atoms with E-state index in [9.17, 15) is 9.59 Å². The number of nitrogens with one attached hydrogen (secondary N) is 1. The van der Waals surface area contributed by atoms with Crippen molar-refractivity contribution >= 4 is 40.8 Å². The van der Waals surface area contributed by atoms with E-state index >= 15 is 0 Å². The van der Waals surface area contributed by atoms with Gasteiger partial charge in [0.15, 0.2) is 0 Å². The Bertz CT molecular complexity index is 436. The lowest BCUT2D eigenvalue weighted by Gasteiger charge is -1.88. The second-order valence-electron chi connectivity index (χ2n) is 2.87. The minimum Gasteiger partial charge on any atom is -0.292 e. The van der Waals surface area contributed by atoms with E-state index in [0.29, 0.717) is 9.91 Å². The predicted molar refractivity (Wildman–Crippen MR) is 55.1 cm³/mol. The number of rotatable bonds is 1. The zero-order valence-electron chi connectivity index (χ0n) is 7.04. The van der Waals surface area contributed by atoms with Gasteiger partial charge in [-0.05, 0) is 18.2 Å². The highest BCUT2D eigenvalue weighted by molar-refractivity contribution is 7.17. The molecule has 1 fully saturated rings. The number of carbonyl (C=O) groups excluding carboxylic acids is 2. The van der Waals surface area contributed by atoms with Crippen molar-refractivity contribution in [3.05, 3.63) is 26.9 Å². The Labute approximate surface area is 89.4 Å². The number of hydrogen-bond donors (Lipinski definition) is 1. The fourth-order valence-corrected chi connectivity index (χ4v) is 2.23. The molecule has 0 spiro atoms. The molecule has 1 aliphatic heterocycles. The largest absolute Gasteiger partial charge is 0.292 e. The fraction of sp³-hybridized carbons (Fsp3) is 0.111. The van der Waals surface area contributed by atoms with Crippen LogP contribution in [0.5, 0.6) is 0 Å². The number of halogens is 1. The number of hydrogen-bond acceptors (Lipinski definition) is 3. The standard InChI is InChI=1S/C9H6ClNO2S/c10-7-2-1-6(14-7)3-5-4-8(12)11-9(5)13/h1-3H,4H2,(H,11,12,13)/b5-3-. The van der Waals surface area contributed by atoms with E-state index in [2.05, 4.69) is 5.32 Å². The lowest BCUT2D eigenvalue weighted by Crippen LogP contribution is -2.19. The normalized spacial score (nSPS) is 19.1.